The molecule has 2 rings (SSSR count). The van der Waals surface area contributed by atoms with Crippen LogP contribution in [0.1, 0.15) is 6.42 Å². The number of rotatable bonds is 3. The van der Waals surface area contributed by atoms with Crippen LogP contribution < -0.4 is 10.5 Å². The lowest BCUT2D eigenvalue weighted by molar-refractivity contribution is -0.0793. The number of methoxy groups -OCH3 is 1. The molecule has 0 heterocycles. The number of hydrogen-bond donors (Lipinski definition) is 1. The van der Waals surface area contributed by atoms with Crippen molar-refractivity contribution in [3.63, 3.8) is 0 Å². The van der Waals surface area contributed by atoms with Crippen LogP contribution in [0.4, 0.5) is 4.39 Å². The summed E-state index contributed by atoms with van der Waals surface area (Å²) in [5.74, 6) is -0.397. The summed E-state index contributed by atoms with van der Waals surface area (Å²) in [7, 11) is 1.56. The second-order valence-electron chi connectivity index (χ2n) is 3.81. The zero-order valence-electron chi connectivity index (χ0n) is 8.82. The van der Waals surface area contributed by atoms with E-state index in [9.17, 15) is 4.39 Å². The third kappa shape index (κ3) is 2.00. The molecule has 88 valence electrons. The molecule has 16 heavy (non-hydrogen) atoms. The van der Waals surface area contributed by atoms with Crippen LogP contribution >= 0.6 is 11.6 Å². The summed E-state index contributed by atoms with van der Waals surface area (Å²) < 4.78 is 24.1. The highest BCUT2D eigenvalue weighted by Crippen LogP contribution is 2.31. The molecule has 2 N–H and O–H groups in total. The van der Waals surface area contributed by atoms with E-state index in [0.29, 0.717) is 6.42 Å². The molecule has 0 amide bonds. The highest BCUT2D eigenvalue weighted by molar-refractivity contribution is 6.30. The van der Waals surface area contributed by atoms with E-state index >= 15 is 0 Å². The van der Waals surface area contributed by atoms with Crippen molar-refractivity contribution in [3.8, 4) is 5.75 Å². The van der Waals surface area contributed by atoms with E-state index in [1.807, 2.05) is 0 Å². The van der Waals surface area contributed by atoms with Crippen LogP contribution in [-0.2, 0) is 4.74 Å². The maximum Gasteiger partial charge on any atom is 0.183 e. The van der Waals surface area contributed by atoms with Gasteiger partial charge in [-0.15, -0.1) is 0 Å². The van der Waals surface area contributed by atoms with Crippen LogP contribution in [0.3, 0.4) is 0 Å². The predicted molar refractivity (Wildman–Crippen MR) is 59.2 cm³/mol. The van der Waals surface area contributed by atoms with E-state index in [4.69, 9.17) is 26.8 Å². The second-order valence-corrected chi connectivity index (χ2v) is 4.22. The summed E-state index contributed by atoms with van der Waals surface area (Å²) >= 11 is 5.65. The highest BCUT2D eigenvalue weighted by Gasteiger charge is 2.41. The van der Waals surface area contributed by atoms with Gasteiger partial charge in [0.25, 0.3) is 0 Å². The first-order valence-corrected chi connectivity index (χ1v) is 5.40. The van der Waals surface area contributed by atoms with Crippen LogP contribution in [-0.4, -0.2) is 25.4 Å². The molecule has 1 aliphatic carbocycles. The van der Waals surface area contributed by atoms with Gasteiger partial charge in [0.05, 0.1) is 5.02 Å². The molecule has 0 aromatic heterocycles. The van der Waals surface area contributed by atoms with E-state index in [1.54, 1.807) is 13.2 Å². The lowest BCUT2D eigenvalue weighted by atomic mass is 9.86. The molecule has 0 bridgehead atoms. The average molecular weight is 246 g/mol. The highest BCUT2D eigenvalue weighted by atomic mass is 35.5. The van der Waals surface area contributed by atoms with Crippen molar-refractivity contribution in [3.05, 3.63) is 29.0 Å². The minimum atomic E-state index is -0.542. The lowest BCUT2D eigenvalue weighted by Crippen LogP contribution is -2.59. The second kappa shape index (κ2) is 4.57. The normalized spacial score (nSPS) is 28.6. The van der Waals surface area contributed by atoms with Crippen molar-refractivity contribution >= 4 is 11.6 Å². The summed E-state index contributed by atoms with van der Waals surface area (Å²) in [6.07, 6.45) is 0.274. The zero-order valence-corrected chi connectivity index (χ0v) is 9.58. The third-order valence-electron chi connectivity index (χ3n) is 2.76. The quantitative estimate of drug-likeness (QED) is 0.886. The Hall–Kier alpha value is -0.840. The number of hydrogen-bond acceptors (Lipinski definition) is 3. The Kier molecular flexibility index (Phi) is 3.33. The average Bonchev–Trinajstić information content (AvgIpc) is 2.24. The Bertz CT molecular complexity index is 388. The molecule has 1 aromatic rings. The molecule has 0 aliphatic heterocycles. The maximum atomic E-state index is 13.5. The molecule has 3 atom stereocenters. The molecule has 0 saturated heterocycles. The minimum absolute atomic E-state index is 0.0442. The first-order valence-electron chi connectivity index (χ1n) is 5.02. The van der Waals surface area contributed by atoms with Gasteiger partial charge < -0.3 is 15.2 Å². The van der Waals surface area contributed by atoms with Crippen molar-refractivity contribution in [1.29, 1.82) is 0 Å². The number of halogens is 2. The standard InChI is InChI=1S/C11H13ClFNO2/c1-15-11-7(14)5-9(11)16-8-4-2-3-6(12)10(8)13/h2-4,7,9,11H,5,14H2,1H3. The fourth-order valence-electron chi connectivity index (χ4n) is 1.80. The van der Waals surface area contributed by atoms with E-state index < -0.39 is 5.82 Å². The molecule has 3 unspecified atom stereocenters. The summed E-state index contributed by atoms with van der Waals surface area (Å²) in [5, 5.41) is 0.0510. The fourth-order valence-corrected chi connectivity index (χ4v) is 1.96. The first-order chi connectivity index (χ1) is 7.63. The molecule has 5 heteroatoms. The molecule has 1 fully saturated rings. The monoisotopic (exact) mass is 245 g/mol. The molecule has 1 aliphatic rings. The van der Waals surface area contributed by atoms with Crippen molar-refractivity contribution < 1.29 is 13.9 Å². The summed E-state index contributed by atoms with van der Waals surface area (Å²) in [6, 6.07) is 4.61. The predicted octanol–water partition coefficient (Wildman–Crippen LogP) is 1.97. The third-order valence-corrected chi connectivity index (χ3v) is 3.05. The topological polar surface area (TPSA) is 44.5 Å². The van der Waals surface area contributed by atoms with Crippen molar-refractivity contribution in [2.45, 2.75) is 24.7 Å². The van der Waals surface area contributed by atoms with Gasteiger partial charge in [0.1, 0.15) is 12.2 Å². The Morgan fingerprint density at radius 3 is 2.88 bits per heavy atom. The van der Waals surface area contributed by atoms with Crippen molar-refractivity contribution in [2.24, 2.45) is 5.73 Å². The Labute approximate surface area is 98.3 Å². The smallest absolute Gasteiger partial charge is 0.183 e. The fraction of sp³-hybridized carbons (Fsp3) is 0.455. The molecule has 0 radical (unpaired) electrons. The summed E-state index contributed by atoms with van der Waals surface area (Å²) in [5.41, 5.74) is 5.72. The van der Waals surface area contributed by atoms with Gasteiger partial charge in [0.15, 0.2) is 11.6 Å². The molecule has 0 spiro atoms. The molecule has 1 saturated carbocycles. The summed E-state index contributed by atoms with van der Waals surface area (Å²) in [6.45, 7) is 0. The van der Waals surface area contributed by atoms with Gasteiger partial charge in [-0.05, 0) is 12.1 Å². The van der Waals surface area contributed by atoms with E-state index in [1.165, 1.54) is 12.1 Å². The van der Waals surface area contributed by atoms with Gasteiger partial charge in [-0.25, -0.2) is 4.39 Å². The number of ether oxygens (including phenoxy) is 2. The Balaban J connectivity index is 2.07. The van der Waals surface area contributed by atoms with Gasteiger partial charge in [0, 0.05) is 19.6 Å². The van der Waals surface area contributed by atoms with Crippen LogP contribution in [0, 0.1) is 5.82 Å². The maximum absolute atomic E-state index is 13.5. The van der Waals surface area contributed by atoms with Gasteiger partial charge in [-0.2, -0.15) is 0 Å². The van der Waals surface area contributed by atoms with Crippen molar-refractivity contribution in [1.82, 2.24) is 0 Å². The van der Waals surface area contributed by atoms with Gasteiger partial charge in [-0.3, -0.25) is 0 Å². The Morgan fingerprint density at radius 1 is 1.50 bits per heavy atom. The van der Waals surface area contributed by atoms with Crippen LogP contribution in [0.25, 0.3) is 0 Å². The lowest BCUT2D eigenvalue weighted by Gasteiger charge is -2.40. The Morgan fingerprint density at radius 2 is 2.25 bits per heavy atom. The molecular weight excluding hydrogens is 233 g/mol. The van der Waals surface area contributed by atoms with E-state index in [-0.39, 0.29) is 29.0 Å². The number of nitrogens with two attached hydrogens (primary N) is 1. The zero-order chi connectivity index (χ0) is 11.7. The molecular formula is C11H13ClFNO2. The van der Waals surface area contributed by atoms with Crippen LogP contribution in [0.15, 0.2) is 18.2 Å². The molecule has 1 aromatic carbocycles. The van der Waals surface area contributed by atoms with Gasteiger partial charge >= 0.3 is 0 Å². The van der Waals surface area contributed by atoms with Crippen LogP contribution in [0.2, 0.25) is 5.02 Å². The SMILES string of the molecule is COC1C(N)CC1Oc1cccc(Cl)c1F. The van der Waals surface area contributed by atoms with Gasteiger partial charge in [0.2, 0.25) is 0 Å². The first kappa shape index (κ1) is 11.6. The van der Waals surface area contributed by atoms with Gasteiger partial charge in [-0.1, -0.05) is 17.7 Å². The summed E-state index contributed by atoms with van der Waals surface area (Å²) in [4.78, 5) is 0. The largest absolute Gasteiger partial charge is 0.484 e. The van der Waals surface area contributed by atoms with Crippen molar-refractivity contribution in [2.75, 3.05) is 7.11 Å². The number of benzene rings is 1. The van der Waals surface area contributed by atoms with E-state index in [0.717, 1.165) is 0 Å². The van der Waals surface area contributed by atoms with Crippen LogP contribution in [0.5, 0.6) is 5.75 Å². The van der Waals surface area contributed by atoms with E-state index in [2.05, 4.69) is 0 Å². The molecule has 3 nitrogen and oxygen atoms in total. The minimum Gasteiger partial charge on any atom is -0.484 e.